The van der Waals surface area contributed by atoms with Gasteiger partial charge in [-0.3, -0.25) is 4.90 Å². The average Bonchev–Trinajstić information content (AvgIpc) is 3.04. The van der Waals surface area contributed by atoms with Gasteiger partial charge < -0.3 is 9.47 Å². The maximum atomic E-state index is 4.40. The molecule has 1 fully saturated rings. The van der Waals surface area contributed by atoms with Crippen molar-refractivity contribution in [1.29, 1.82) is 0 Å². The molecule has 3 rings (SSSR count). The molecule has 3 heterocycles. The summed E-state index contributed by atoms with van der Waals surface area (Å²) >= 11 is 0. The molecular weight excluding hydrogens is 290 g/mol. The Morgan fingerprint density at radius 2 is 2.04 bits per heavy atom. The Morgan fingerprint density at radius 1 is 1.26 bits per heavy atom. The number of hydrogen-bond acceptors (Lipinski definition) is 6. The Morgan fingerprint density at radius 3 is 2.74 bits per heavy atom. The number of piperidine rings is 1. The predicted octanol–water partition coefficient (Wildman–Crippen LogP) is 1.53. The Balaban J connectivity index is 1.64. The average molecular weight is 315 g/mol. The number of likely N-dealkylation sites (tertiary alicyclic amines) is 1. The lowest BCUT2D eigenvalue weighted by atomic mass is 9.97. The fourth-order valence-corrected chi connectivity index (χ4v) is 3.15. The first-order chi connectivity index (χ1) is 11.2. The summed E-state index contributed by atoms with van der Waals surface area (Å²) in [5, 5.41) is 8.41. The molecule has 0 aliphatic carbocycles. The first-order valence-corrected chi connectivity index (χ1v) is 8.25. The van der Waals surface area contributed by atoms with Gasteiger partial charge in [0.05, 0.1) is 0 Å². The highest BCUT2D eigenvalue weighted by atomic mass is 15.3. The van der Waals surface area contributed by atoms with Crippen molar-refractivity contribution >= 4 is 5.95 Å². The number of anilines is 1. The van der Waals surface area contributed by atoms with Crippen LogP contribution in [0.3, 0.4) is 0 Å². The zero-order valence-electron chi connectivity index (χ0n) is 14.2. The zero-order valence-corrected chi connectivity index (χ0v) is 14.2. The van der Waals surface area contributed by atoms with Crippen LogP contribution >= 0.6 is 0 Å². The molecule has 0 bridgehead atoms. The molecule has 0 spiro atoms. The van der Waals surface area contributed by atoms with E-state index in [0.717, 1.165) is 43.5 Å². The van der Waals surface area contributed by atoms with Gasteiger partial charge in [-0.2, -0.15) is 0 Å². The van der Waals surface area contributed by atoms with Crippen LogP contribution in [0, 0.1) is 0 Å². The zero-order chi connectivity index (χ0) is 16.2. The van der Waals surface area contributed by atoms with Gasteiger partial charge in [0.15, 0.2) is 0 Å². The molecular formula is C16H25N7. The van der Waals surface area contributed by atoms with Gasteiger partial charge in [0.2, 0.25) is 5.95 Å². The van der Waals surface area contributed by atoms with Crippen molar-refractivity contribution < 1.29 is 0 Å². The van der Waals surface area contributed by atoms with Gasteiger partial charge in [-0.25, -0.2) is 9.97 Å². The normalized spacial score (nSPS) is 19.0. The molecule has 1 atom stereocenters. The lowest BCUT2D eigenvalue weighted by molar-refractivity contribution is 0.194. The topological polar surface area (TPSA) is 63.0 Å². The van der Waals surface area contributed by atoms with Gasteiger partial charge in [0.25, 0.3) is 0 Å². The van der Waals surface area contributed by atoms with E-state index in [9.17, 15) is 0 Å². The van der Waals surface area contributed by atoms with Gasteiger partial charge in [0, 0.05) is 57.6 Å². The molecule has 1 saturated heterocycles. The van der Waals surface area contributed by atoms with E-state index in [2.05, 4.69) is 36.6 Å². The highest BCUT2D eigenvalue weighted by Crippen LogP contribution is 2.26. The second-order valence-electron chi connectivity index (χ2n) is 6.34. The number of rotatable bonds is 5. The summed E-state index contributed by atoms with van der Waals surface area (Å²) in [6, 6.07) is 0. The molecule has 2 aromatic rings. The van der Waals surface area contributed by atoms with Crippen LogP contribution in [0.1, 0.15) is 37.1 Å². The number of hydrogen-bond donors (Lipinski definition) is 0. The molecule has 1 aliphatic rings. The number of aromatic nitrogens is 5. The SMILES string of the molecule is CCn1cnnc1C1CCCN(Cc2cnc(N(C)C)nc2)C1. The Labute approximate surface area is 137 Å². The maximum absolute atomic E-state index is 4.40. The smallest absolute Gasteiger partial charge is 0.224 e. The van der Waals surface area contributed by atoms with Gasteiger partial charge in [0.1, 0.15) is 12.2 Å². The fraction of sp³-hybridized carbons (Fsp3) is 0.625. The van der Waals surface area contributed by atoms with Gasteiger partial charge in [-0.1, -0.05) is 0 Å². The minimum Gasteiger partial charge on any atom is -0.347 e. The second-order valence-corrected chi connectivity index (χ2v) is 6.34. The lowest BCUT2D eigenvalue weighted by Crippen LogP contribution is -2.35. The Hall–Kier alpha value is -2.02. The van der Waals surface area contributed by atoms with E-state index in [1.54, 1.807) is 0 Å². The summed E-state index contributed by atoms with van der Waals surface area (Å²) < 4.78 is 2.16. The van der Waals surface area contributed by atoms with Crippen molar-refractivity contribution in [2.75, 3.05) is 32.1 Å². The van der Waals surface area contributed by atoms with Gasteiger partial charge in [-0.15, -0.1) is 10.2 Å². The number of nitrogens with zero attached hydrogens (tertiary/aromatic N) is 7. The largest absolute Gasteiger partial charge is 0.347 e. The molecule has 7 heteroatoms. The third-order valence-electron chi connectivity index (χ3n) is 4.35. The standard InChI is InChI=1S/C16H25N7/c1-4-23-12-19-20-15(23)14-6-5-7-22(11-14)10-13-8-17-16(18-9-13)21(2)3/h8-9,12,14H,4-7,10-11H2,1-3H3. The summed E-state index contributed by atoms with van der Waals surface area (Å²) in [6.45, 7) is 6.10. The fourth-order valence-electron chi connectivity index (χ4n) is 3.15. The van der Waals surface area contributed by atoms with E-state index in [0.29, 0.717) is 5.92 Å². The minimum absolute atomic E-state index is 0.466. The van der Waals surface area contributed by atoms with Crippen LogP contribution in [0.25, 0.3) is 0 Å². The predicted molar refractivity (Wildman–Crippen MR) is 89.3 cm³/mol. The molecule has 23 heavy (non-hydrogen) atoms. The van der Waals surface area contributed by atoms with E-state index in [4.69, 9.17) is 0 Å². The van der Waals surface area contributed by atoms with Crippen molar-refractivity contribution in [3.05, 3.63) is 30.1 Å². The molecule has 0 radical (unpaired) electrons. The van der Waals surface area contributed by atoms with E-state index < -0.39 is 0 Å². The highest BCUT2D eigenvalue weighted by molar-refractivity contribution is 5.26. The molecule has 1 unspecified atom stereocenters. The Kier molecular flexibility index (Phi) is 4.85. The molecule has 2 aromatic heterocycles. The molecule has 0 N–H and O–H groups in total. The maximum Gasteiger partial charge on any atom is 0.224 e. The van der Waals surface area contributed by atoms with Crippen molar-refractivity contribution in [2.45, 2.75) is 38.8 Å². The quantitative estimate of drug-likeness (QED) is 0.834. The summed E-state index contributed by atoms with van der Waals surface area (Å²) in [7, 11) is 3.90. The molecule has 124 valence electrons. The van der Waals surface area contributed by atoms with Crippen LogP contribution in [-0.2, 0) is 13.1 Å². The van der Waals surface area contributed by atoms with Gasteiger partial charge in [-0.05, 0) is 26.3 Å². The first-order valence-electron chi connectivity index (χ1n) is 8.25. The van der Waals surface area contributed by atoms with E-state index in [1.807, 2.05) is 37.7 Å². The minimum atomic E-state index is 0.466. The monoisotopic (exact) mass is 315 g/mol. The van der Waals surface area contributed by atoms with E-state index >= 15 is 0 Å². The van der Waals surface area contributed by atoms with Crippen LogP contribution in [0.4, 0.5) is 5.95 Å². The van der Waals surface area contributed by atoms with Crippen molar-refractivity contribution in [1.82, 2.24) is 29.6 Å². The Bertz CT molecular complexity index is 620. The van der Waals surface area contributed by atoms with Crippen LogP contribution in [0.15, 0.2) is 18.7 Å². The molecule has 0 aromatic carbocycles. The summed E-state index contributed by atoms with van der Waals surface area (Å²) in [5.74, 6) is 2.34. The van der Waals surface area contributed by atoms with Crippen LogP contribution in [0.2, 0.25) is 0 Å². The van der Waals surface area contributed by atoms with Gasteiger partial charge >= 0.3 is 0 Å². The lowest BCUT2D eigenvalue weighted by Gasteiger charge is -2.32. The summed E-state index contributed by atoms with van der Waals surface area (Å²) in [5.41, 5.74) is 1.16. The van der Waals surface area contributed by atoms with Crippen LogP contribution in [0.5, 0.6) is 0 Å². The first kappa shape index (κ1) is 15.9. The molecule has 0 saturated carbocycles. The second kappa shape index (κ2) is 7.04. The summed E-state index contributed by atoms with van der Waals surface area (Å²) in [6.07, 6.45) is 8.08. The van der Waals surface area contributed by atoms with Crippen molar-refractivity contribution in [3.8, 4) is 0 Å². The molecule has 1 aliphatic heterocycles. The van der Waals surface area contributed by atoms with Crippen LogP contribution in [-0.4, -0.2) is 56.8 Å². The summed E-state index contributed by atoms with van der Waals surface area (Å²) in [4.78, 5) is 13.2. The number of aryl methyl sites for hydroxylation is 1. The van der Waals surface area contributed by atoms with E-state index in [-0.39, 0.29) is 0 Å². The molecule has 7 nitrogen and oxygen atoms in total. The van der Waals surface area contributed by atoms with E-state index in [1.165, 1.54) is 12.8 Å². The van der Waals surface area contributed by atoms with Crippen LogP contribution < -0.4 is 4.90 Å². The third kappa shape index (κ3) is 3.67. The molecule has 0 amide bonds. The third-order valence-corrected chi connectivity index (χ3v) is 4.35. The van der Waals surface area contributed by atoms with Crippen molar-refractivity contribution in [2.24, 2.45) is 0 Å². The highest BCUT2D eigenvalue weighted by Gasteiger charge is 2.25. The van der Waals surface area contributed by atoms with Crippen molar-refractivity contribution in [3.63, 3.8) is 0 Å².